The Morgan fingerprint density at radius 1 is 1.05 bits per heavy atom. The van der Waals surface area contributed by atoms with Crippen molar-refractivity contribution in [1.82, 2.24) is 0 Å². The molecule has 1 aliphatic carbocycles. The summed E-state index contributed by atoms with van der Waals surface area (Å²) in [5, 5.41) is 0. The quantitative estimate of drug-likeness (QED) is 0.802. The van der Waals surface area contributed by atoms with Crippen LogP contribution in [-0.4, -0.2) is 0 Å². The van der Waals surface area contributed by atoms with E-state index in [4.69, 9.17) is 5.73 Å². The minimum Gasteiger partial charge on any atom is -0.324 e. The lowest BCUT2D eigenvalue weighted by atomic mass is 9.72. The van der Waals surface area contributed by atoms with Crippen LogP contribution in [0.2, 0.25) is 0 Å². The van der Waals surface area contributed by atoms with Crippen LogP contribution in [0, 0.1) is 35.2 Å². The van der Waals surface area contributed by atoms with Gasteiger partial charge in [-0.15, -0.1) is 0 Å². The summed E-state index contributed by atoms with van der Waals surface area (Å²) in [4.78, 5) is 0. The standard InChI is InChI=1S/C15H20F3N/c1-8-3-4-10(5-9(8)2)15(19)11-6-12(16)14(18)13(17)7-11/h6-10,15H,3-5,19H2,1-2H3. The van der Waals surface area contributed by atoms with E-state index in [1.807, 2.05) is 0 Å². The van der Waals surface area contributed by atoms with Crippen molar-refractivity contribution in [1.29, 1.82) is 0 Å². The minimum absolute atomic E-state index is 0.204. The molecule has 1 fully saturated rings. The molecule has 4 atom stereocenters. The Hall–Kier alpha value is -1.03. The molecule has 106 valence electrons. The number of halogens is 3. The molecule has 0 saturated heterocycles. The van der Waals surface area contributed by atoms with Crippen molar-refractivity contribution in [3.63, 3.8) is 0 Å². The van der Waals surface area contributed by atoms with Gasteiger partial charge in [0.2, 0.25) is 0 Å². The molecule has 1 saturated carbocycles. The van der Waals surface area contributed by atoms with E-state index < -0.39 is 23.5 Å². The normalized spacial score (nSPS) is 29.3. The number of nitrogens with two attached hydrogens (primary N) is 1. The van der Waals surface area contributed by atoms with Gasteiger partial charge < -0.3 is 5.73 Å². The summed E-state index contributed by atoms with van der Waals surface area (Å²) < 4.78 is 39.4. The average Bonchev–Trinajstić information content (AvgIpc) is 2.37. The molecule has 4 heteroatoms. The van der Waals surface area contributed by atoms with Crippen molar-refractivity contribution in [2.45, 2.75) is 39.2 Å². The fourth-order valence-electron chi connectivity index (χ4n) is 2.96. The van der Waals surface area contributed by atoms with Gasteiger partial charge in [0.15, 0.2) is 17.5 Å². The minimum atomic E-state index is -1.43. The van der Waals surface area contributed by atoms with Crippen LogP contribution in [0.15, 0.2) is 12.1 Å². The second kappa shape index (κ2) is 5.53. The molecule has 0 heterocycles. The molecule has 0 aromatic heterocycles. The summed E-state index contributed by atoms with van der Waals surface area (Å²) in [7, 11) is 0. The summed E-state index contributed by atoms with van der Waals surface area (Å²) >= 11 is 0. The van der Waals surface area contributed by atoms with Gasteiger partial charge in [-0.2, -0.15) is 0 Å². The fourth-order valence-corrected chi connectivity index (χ4v) is 2.96. The SMILES string of the molecule is CC1CCC(C(N)c2cc(F)c(F)c(F)c2)CC1C. The third-order valence-corrected chi connectivity index (χ3v) is 4.54. The smallest absolute Gasteiger partial charge is 0.194 e. The summed E-state index contributed by atoms with van der Waals surface area (Å²) in [5.74, 6) is -2.34. The summed E-state index contributed by atoms with van der Waals surface area (Å²) in [6.45, 7) is 4.39. The highest BCUT2D eigenvalue weighted by Gasteiger charge is 2.30. The Balaban J connectivity index is 2.18. The van der Waals surface area contributed by atoms with Gasteiger partial charge in [-0.05, 0) is 48.3 Å². The van der Waals surface area contributed by atoms with Crippen molar-refractivity contribution in [3.05, 3.63) is 35.1 Å². The van der Waals surface area contributed by atoms with E-state index >= 15 is 0 Å². The number of hydrogen-bond donors (Lipinski definition) is 1. The zero-order valence-corrected chi connectivity index (χ0v) is 11.3. The molecule has 0 aliphatic heterocycles. The Labute approximate surface area is 112 Å². The van der Waals surface area contributed by atoms with E-state index in [2.05, 4.69) is 13.8 Å². The van der Waals surface area contributed by atoms with Crippen LogP contribution in [-0.2, 0) is 0 Å². The first kappa shape index (κ1) is 14.4. The first-order valence-electron chi connectivity index (χ1n) is 6.80. The number of rotatable bonds is 2. The Kier molecular flexibility index (Phi) is 4.19. The second-order valence-electron chi connectivity index (χ2n) is 5.85. The van der Waals surface area contributed by atoms with E-state index in [1.165, 1.54) is 0 Å². The third-order valence-electron chi connectivity index (χ3n) is 4.54. The Morgan fingerprint density at radius 3 is 2.16 bits per heavy atom. The fraction of sp³-hybridized carbons (Fsp3) is 0.600. The van der Waals surface area contributed by atoms with Gasteiger partial charge in [-0.1, -0.05) is 20.3 Å². The van der Waals surface area contributed by atoms with Crippen molar-refractivity contribution in [3.8, 4) is 0 Å². The zero-order chi connectivity index (χ0) is 14.2. The first-order valence-corrected chi connectivity index (χ1v) is 6.80. The van der Waals surface area contributed by atoms with Crippen LogP contribution < -0.4 is 5.73 Å². The van der Waals surface area contributed by atoms with E-state index in [0.29, 0.717) is 17.4 Å². The van der Waals surface area contributed by atoms with E-state index in [9.17, 15) is 13.2 Å². The molecule has 1 aromatic rings. The summed E-state index contributed by atoms with van der Waals surface area (Å²) in [6, 6.07) is 1.61. The highest BCUT2D eigenvalue weighted by atomic mass is 19.2. The van der Waals surface area contributed by atoms with Crippen LogP contribution in [0.3, 0.4) is 0 Å². The number of hydrogen-bond acceptors (Lipinski definition) is 1. The lowest BCUT2D eigenvalue weighted by Crippen LogP contribution is -2.29. The van der Waals surface area contributed by atoms with Gasteiger partial charge in [0, 0.05) is 6.04 Å². The van der Waals surface area contributed by atoms with Crippen LogP contribution in [0.5, 0.6) is 0 Å². The number of benzene rings is 1. The summed E-state index contributed by atoms with van der Waals surface area (Å²) in [5.41, 5.74) is 6.46. The molecular weight excluding hydrogens is 251 g/mol. The van der Waals surface area contributed by atoms with Gasteiger partial charge in [0.25, 0.3) is 0 Å². The van der Waals surface area contributed by atoms with Crippen LogP contribution in [0.1, 0.15) is 44.7 Å². The van der Waals surface area contributed by atoms with Crippen molar-refractivity contribution < 1.29 is 13.2 Å². The zero-order valence-electron chi connectivity index (χ0n) is 11.3. The monoisotopic (exact) mass is 271 g/mol. The van der Waals surface area contributed by atoms with Crippen molar-refractivity contribution in [2.24, 2.45) is 23.5 Å². The molecule has 0 radical (unpaired) electrons. The molecule has 19 heavy (non-hydrogen) atoms. The molecule has 0 spiro atoms. The molecule has 2 N–H and O–H groups in total. The maximum atomic E-state index is 13.2. The maximum absolute atomic E-state index is 13.2. The molecule has 1 aliphatic rings. The first-order chi connectivity index (χ1) is 8.90. The third kappa shape index (κ3) is 2.94. The van der Waals surface area contributed by atoms with Gasteiger partial charge >= 0.3 is 0 Å². The predicted molar refractivity (Wildman–Crippen MR) is 68.9 cm³/mol. The van der Waals surface area contributed by atoms with Crippen LogP contribution in [0.25, 0.3) is 0 Å². The molecule has 0 amide bonds. The molecule has 0 bridgehead atoms. The van der Waals surface area contributed by atoms with E-state index in [1.54, 1.807) is 0 Å². The Morgan fingerprint density at radius 2 is 1.63 bits per heavy atom. The van der Waals surface area contributed by atoms with Gasteiger partial charge in [-0.3, -0.25) is 0 Å². The highest BCUT2D eigenvalue weighted by Crippen LogP contribution is 2.39. The Bertz CT molecular complexity index is 438. The van der Waals surface area contributed by atoms with Gasteiger partial charge in [0.05, 0.1) is 0 Å². The molecule has 4 unspecified atom stereocenters. The van der Waals surface area contributed by atoms with Crippen molar-refractivity contribution in [2.75, 3.05) is 0 Å². The second-order valence-corrected chi connectivity index (χ2v) is 5.85. The highest BCUT2D eigenvalue weighted by molar-refractivity contribution is 5.23. The van der Waals surface area contributed by atoms with E-state index in [-0.39, 0.29) is 5.92 Å². The molecular formula is C15H20F3N. The largest absolute Gasteiger partial charge is 0.324 e. The average molecular weight is 271 g/mol. The maximum Gasteiger partial charge on any atom is 0.194 e. The predicted octanol–water partition coefficient (Wildman–Crippen LogP) is 4.18. The molecule has 1 aromatic carbocycles. The van der Waals surface area contributed by atoms with Gasteiger partial charge in [0.1, 0.15) is 0 Å². The molecule has 1 nitrogen and oxygen atoms in total. The molecule has 2 rings (SSSR count). The van der Waals surface area contributed by atoms with Crippen LogP contribution >= 0.6 is 0 Å². The van der Waals surface area contributed by atoms with E-state index in [0.717, 1.165) is 31.4 Å². The lowest BCUT2D eigenvalue weighted by molar-refractivity contribution is 0.185. The topological polar surface area (TPSA) is 26.0 Å². The van der Waals surface area contributed by atoms with Crippen molar-refractivity contribution >= 4 is 0 Å². The van der Waals surface area contributed by atoms with Gasteiger partial charge in [-0.25, -0.2) is 13.2 Å². The lowest BCUT2D eigenvalue weighted by Gasteiger charge is -2.35. The summed E-state index contributed by atoms with van der Waals surface area (Å²) in [6.07, 6.45) is 2.97. The van der Waals surface area contributed by atoms with Crippen LogP contribution in [0.4, 0.5) is 13.2 Å².